The number of hydrogen-bond donors (Lipinski definition) is 0. The van der Waals surface area contributed by atoms with Crippen molar-refractivity contribution >= 4 is 11.9 Å². The third-order valence-corrected chi connectivity index (χ3v) is 7.84. The number of ether oxygens (including phenoxy) is 6. The maximum Gasteiger partial charge on any atom is 0.426 e. The van der Waals surface area contributed by atoms with E-state index in [0.29, 0.717) is 70.5 Å². The molecule has 3 aromatic rings. The van der Waals surface area contributed by atoms with Gasteiger partial charge >= 0.3 is 30.3 Å². The van der Waals surface area contributed by atoms with Crippen LogP contribution in [0.25, 0.3) is 0 Å². The van der Waals surface area contributed by atoms with Crippen molar-refractivity contribution in [2.24, 2.45) is 0 Å². The molecule has 0 aromatic heterocycles. The Morgan fingerprint density at radius 2 is 0.889 bits per heavy atom. The van der Waals surface area contributed by atoms with Gasteiger partial charge < -0.3 is 28.4 Å². The second-order valence-electron chi connectivity index (χ2n) is 12.1. The van der Waals surface area contributed by atoms with E-state index in [2.05, 4.69) is 9.47 Å². The lowest BCUT2D eigenvalue weighted by molar-refractivity contribution is -0.193. The molecule has 3 aromatic carbocycles. The molecule has 54 heavy (non-hydrogen) atoms. The van der Waals surface area contributed by atoms with Gasteiger partial charge in [-0.15, -0.1) is 0 Å². The largest absolute Gasteiger partial charge is 0.494 e. The van der Waals surface area contributed by atoms with Crippen LogP contribution in [0.1, 0.15) is 94.7 Å². The molecule has 15 heteroatoms. The fraction of sp³-hybridized carbons (Fsp3) is 0.487. The number of esters is 2. The molecular weight excluding hydrogens is 729 g/mol. The molecule has 0 radical (unpaired) electrons. The normalized spacial score (nSPS) is 11.9. The van der Waals surface area contributed by atoms with Gasteiger partial charge in [-0.1, -0.05) is 13.8 Å². The Morgan fingerprint density at radius 3 is 1.30 bits per heavy atom. The van der Waals surface area contributed by atoms with Gasteiger partial charge in [0, 0.05) is 12.8 Å². The molecule has 0 N–H and O–H groups in total. The van der Waals surface area contributed by atoms with Gasteiger partial charge in [-0.25, -0.2) is 0 Å². The second kappa shape index (κ2) is 21.3. The zero-order chi connectivity index (χ0) is 39.6. The van der Waals surface area contributed by atoms with Gasteiger partial charge in [-0.3, -0.25) is 9.59 Å². The molecule has 0 aliphatic rings. The van der Waals surface area contributed by atoms with Crippen LogP contribution in [-0.4, -0.2) is 38.4 Å². The SMILES string of the molecule is CCC(=O)OCCCCCCOc1ccc(C(F)(F)Oc2ccc(OC(F)(F)c3ccc(OCCCCCCOC(=O)CC)cc3)c(C(F)(F)F)c2)cc1. The van der Waals surface area contributed by atoms with Crippen molar-refractivity contribution in [3.05, 3.63) is 83.4 Å². The van der Waals surface area contributed by atoms with Crippen molar-refractivity contribution in [3.63, 3.8) is 0 Å². The molecule has 0 fully saturated rings. The van der Waals surface area contributed by atoms with Crippen LogP contribution in [0.4, 0.5) is 30.7 Å². The molecule has 0 saturated heterocycles. The van der Waals surface area contributed by atoms with Crippen molar-refractivity contribution < 1.29 is 68.7 Å². The lowest BCUT2D eigenvalue weighted by Gasteiger charge is -2.23. The van der Waals surface area contributed by atoms with E-state index in [1.54, 1.807) is 13.8 Å². The zero-order valence-electron chi connectivity index (χ0n) is 30.2. The molecule has 0 unspecified atom stereocenters. The summed E-state index contributed by atoms with van der Waals surface area (Å²) < 4.78 is 132. The lowest BCUT2D eigenvalue weighted by Crippen LogP contribution is -2.24. The Morgan fingerprint density at radius 1 is 0.500 bits per heavy atom. The van der Waals surface area contributed by atoms with Gasteiger partial charge in [-0.05, 0) is 118 Å². The van der Waals surface area contributed by atoms with Crippen LogP contribution in [-0.2, 0) is 37.5 Å². The lowest BCUT2D eigenvalue weighted by atomic mass is 10.1. The highest BCUT2D eigenvalue weighted by atomic mass is 19.4. The highest BCUT2D eigenvalue weighted by Crippen LogP contribution is 2.43. The predicted octanol–water partition coefficient (Wildman–Crippen LogP) is 10.7. The number of carbonyl (C=O) groups is 2. The van der Waals surface area contributed by atoms with Crippen molar-refractivity contribution in [1.29, 1.82) is 0 Å². The van der Waals surface area contributed by atoms with E-state index in [1.807, 2.05) is 0 Å². The number of unbranched alkanes of at least 4 members (excludes halogenated alkanes) is 6. The fourth-order valence-corrected chi connectivity index (χ4v) is 4.85. The van der Waals surface area contributed by atoms with Crippen LogP contribution in [0.2, 0.25) is 0 Å². The Balaban J connectivity index is 1.53. The summed E-state index contributed by atoms with van der Waals surface area (Å²) in [6.07, 6.45) is -7.06. The Labute approximate surface area is 309 Å². The van der Waals surface area contributed by atoms with Crippen molar-refractivity contribution in [2.45, 2.75) is 96.4 Å². The summed E-state index contributed by atoms with van der Waals surface area (Å²) in [6, 6.07) is 10.2. The van der Waals surface area contributed by atoms with E-state index in [4.69, 9.17) is 18.9 Å². The first-order chi connectivity index (χ1) is 25.6. The van der Waals surface area contributed by atoms with Crippen LogP contribution < -0.4 is 18.9 Å². The Kier molecular flexibility index (Phi) is 17.2. The zero-order valence-corrected chi connectivity index (χ0v) is 30.2. The first-order valence-corrected chi connectivity index (χ1v) is 17.8. The van der Waals surface area contributed by atoms with Gasteiger partial charge in [0.1, 0.15) is 28.6 Å². The van der Waals surface area contributed by atoms with Crippen molar-refractivity contribution in [2.75, 3.05) is 26.4 Å². The predicted molar refractivity (Wildman–Crippen MR) is 184 cm³/mol. The smallest absolute Gasteiger partial charge is 0.426 e. The topological polar surface area (TPSA) is 89.5 Å². The Bertz CT molecular complexity index is 1580. The number of benzene rings is 3. The molecular formula is C39H45F7O8. The summed E-state index contributed by atoms with van der Waals surface area (Å²) in [6.45, 7) is 4.68. The molecule has 0 spiro atoms. The molecule has 0 bridgehead atoms. The van der Waals surface area contributed by atoms with Gasteiger partial charge in [0.25, 0.3) is 0 Å². The van der Waals surface area contributed by atoms with E-state index < -0.39 is 46.6 Å². The number of hydrogen-bond acceptors (Lipinski definition) is 8. The van der Waals surface area contributed by atoms with Gasteiger partial charge in [0.15, 0.2) is 0 Å². The number of alkyl halides is 7. The monoisotopic (exact) mass is 774 g/mol. The maximum atomic E-state index is 15.1. The fourth-order valence-electron chi connectivity index (χ4n) is 4.85. The quantitative estimate of drug-likeness (QED) is 0.0505. The summed E-state index contributed by atoms with van der Waals surface area (Å²) >= 11 is 0. The standard InChI is InChI=1S/C39H45F7O8/c1-3-35(47)51-25-11-7-5-9-23-49-30-17-13-28(14-18-30)38(43,44)53-32-21-22-34(33(27-32)37(40,41)42)54-39(45,46)29-15-19-31(20-16-29)50-24-10-6-8-12-26-52-36(48)4-2/h13-22,27H,3-12,23-26H2,1-2H3. The molecule has 8 nitrogen and oxygen atoms in total. The van der Waals surface area contributed by atoms with Crippen LogP contribution in [0.3, 0.4) is 0 Å². The third-order valence-electron chi connectivity index (χ3n) is 7.84. The van der Waals surface area contributed by atoms with Crippen molar-refractivity contribution in [3.8, 4) is 23.0 Å². The average Bonchev–Trinajstić information content (AvgIpc) is 3.13. The van der Waals surface area contributed by atoms with E-state index in [1.165, 1.54) is 24.3 Å². The summed E-state index contributed by atoms with van der Waals surface area (Å²) in [4.78, 5) is 22.2. The minimum absolute atomic E-state index is 0.166. The highest BCUT2D eigenvalue weighted by molar-refractivity contribution is 5.69. The second-order valence-corrected chi connectivity index (χ2v) is 12.1. The van der Waals surface area contributed by atoms with Crippen molar-refractivity contribution in [1.82, 2.24) is 0 Å². The number of carbonyl (C=O) groups excluding carboxylic acids is 2. The van der Waals surface area contributed by atoms with Gasteiger partial charge in [-0.2, -0.15) is 30.7 Å². The molecule has 0 atom stereocenters. The molecule has 0 aliphatic heterocycles. The average molecular weight is 775 g/mol. The summed E-state index contributed by atoms with van der Waals surface area (Å²) in [5, 5.41) is 0. The third kappa shape index (κ3) is 15.0. The van der Waals surface area contributed by atoms with Crippen LogP contribution in [0.5, 0.6) is 23.0 Å². The van der Waals surface area contributed by atoms with Crippen LogP contribution in [0.15, 0.2) is 66.7 Å². The van der Waals surface area contributed by atoms with Crippen LogP contribution >= 0.6 is 0 Å². The summed E-state index contributed by atoms with van der Waals surface area (Å²) in [5.41, 5.74) is -3.20. The molecule has 0 amide bonds. The summed E-state index contributed by atoms with van der Waals surface area (Å²) in [5.74, 6) is -2.22. The van der Waals surface area contributed by atoms with Gasteiger partial charge in [0.2, 0.25) is 0 Å². The van der Waals surface area contributed by atoms with E-state index in [9.17, 15) is 31.5 Å². The summed E-state index contributed by atoms with van der Waals surface area (Å²) in [7, 11) is 0. The molecule has 298 valence electrons. The first-order valence-electron chi connectivity index (χ1n) is 17.8. The molecule has 0 saturated carbocycles. The molecule has 3 rings (SSSR count). The maximum absolute atomic E-state index is 15.1. The molecule has 0 aliphatic carbocycles. The minimum Gasteiger partial charge on any atom is -0.494 e. The Hall–Kier alpha value is -4.69. The molecule has 0 heterocycles. The number of halogens is 7. The van der Waals surface area contributed by atoms with E-state index in [-0.39, 0.29) is 36.1 Å². The van der Waals surface area contributed by atoms with E-state index >= 15 is 8.78 Å². The number of rotatable bonds is 24. The van der Waals surface area contributed by atoms with Gasteiger partial charge in [0.05, 0.1) is 37.6 Å². The van der Waals surface area contributed by atoms with Crippen LogP contribution in [0, 0.1) is 0 Å². The van der Waals surface area contributed by atoms with E-state index in [0.717, 1.165) is 49.9 Å². The minimum atomic E-state index is -5.27. The first kappa shape index (κ1) is 43.7. The highest BCUT2D eigenvalue weighted by Gasteiger charge is 2.42.